The number of nitrogens with one attached hydrogen (secondary N) is 1. The molecule has 0 unspecified atom stereocenters. The Morgan fingerprint density at radius 1 is 1.31 bits per heavy atom. The molecule has 1 amide bonds. The van der Waals surface area contributed by atoms with E-state index in [0.717, 1.165) is 23.8 Å². The zero-order chi connectivity index (χ0) is 18.3. The molecule has 26 heavy (non-hydrogen) atoms. The number of hydrogen-bond donors (Lipinski definition) is 1. The Morgan fingerprint density at radius 3 is 2.96 bits per heavy atom. The molecular weight excluding hydrogens is 362 g/mol. The van der Waals surface area contributed by atoms with Crippen LogP contribution in [-0.4, -0.2) is 27.3 Å². The molecule has 0 bridgehead atoms. The van der Waals surface area contributed by atoms with Crippen molar-refractivity contribution in [1.29, 1.82) is 0 Å². The maximum absolute atomic E-state index is 14.0. The fourth-order valence-corrected chi connectivity index (χ4v) is 3.35. The summed E-state index contributed by atoms with van der Waals surface area (Å²) in [5.41, 5.74) is 1.07. The van der Waals surface area contributed by atoms with Gasteiger partial charge in [-0.1, -0.05) is 0 Å². The zero-order valence-corrected chi connectivity index (χ0v) is 14.6. The lowest BCUT2D eigenvalue weighted by Gasteiger charge is -2.13. The van der Waals surface area contributed by atoms with Crippen molar-refractivity contribution >= 4 is 22.4 Å². The Hall–Kier alpha value is -2.81. The summed E-state index contributed by atoms with van der Waals surface area (Å²) in [6.45, 7) is 2.86. The second-order valence-electron chi connectivity index (χ2n) is 5.87. The second kappa shape index (κ2) is 6.49. The fraction of sp³-hybridized carbons (Fsp3) is 0.235. The van der Waals surface area contributed by atoms with Crippen molar-refractivity contribution in [2.75, 3.05) is 11.9 Å². The molecule has 1 aliphatic rings. The van der Waals surface area contributed by atoms with Gasteiger partial charge in [0, 0.05) is 36.0 Å². The Morgan fingerprint density at radius 2 is 2.15 bits per heavy atom. The monoisotopic (exact) mass is 376 g/mol. The van der Waals surface area contributed by atoms with Gasteiger partial charge in [-0.15, -0.1) is 11.3 Å². The number of carbonyl (C=O) groups excluding carboxylic acids is 1. The molecule has 0 aliphatic carbocycles. The first-order chi connectivity index (χ1) is 12.5. The largest absolute Gasteiger partial charge is 0.478 e. The van der Waals surface area contributed by atoms with Gasteiger partial charge in [-0.25, -0.2) is 18.4 Å². The van der Waals surface area contributed by atoms with Gasteiger partial charge >= 0.3 is 0 Å². The van der Waals surface area contributed by atoms with Gasteiger partial charge in [0.2, 0.25) is 5.88 Å². The number of benzene rings is 1. The maximum atomic E-state index is 14.0. The van der Waals surface area contributed by atoms with E-state index in [2.05, 4.69) is 15.4 Å². The molecule has 3 aromatic rings. The van der Waals surface area contributed by atoms with E-state index in [1.807, 2.05) is 0 Å². The first-order valence-corrected chi connectivity index (χ1v) is 8.83. The topological polar surface area (TPSA) is 69.0 Å². The summed E-state index contributed by atoms with van der Waals surface area (Å²) in [5, 5.41) is 8.75. The molecule has 9 heteroatoms. The molecule has 0 spiro atoms. The number of thiazole rings is 1. The Bertz CT molecular complexity index is 975. The maximum Gasteiger partial charge on any atom is 0.278 e. The van der Waals surface area contributed by atoms with Crippen LogP contribution in [0.2, 0.25) is 0 Å². The van der Waals surface area contributed by atoms with Crippen molar-refractivity contribution < 1.29 is 18.3 Å². The first-order valence-electron chi connectivity index (χ1n) is 7.95. The fourth-order valence-electron chi connectivity index (χ4n) is 2.65. The molecule has 4 rings (SSSR count). The molecule has 0 saturated heterocycles. The first kappa shape index (κ1) is 16.6. The Kier molecular flexibility index (Phi) is 4.15. The summed E-state index contributed by atoms with van der Waals surface area (Å²) in [6.07, 6.45) is 0.841. The Balaban J connectivity index is 1.54. The molecule has 1 aliphatic heterocycles. The molecule has 134 valence electrons. The van der Waals surface area contributed by atoms with Crippen LogP contribution in [0.25, 0.3) is 11.3 Å². The third-order valence-electron chi connectivity index (χ3n) is 3.99. The van der Waals surface area contributed by atoms with E-state index in [-0.39, 0.29) is 11.3 Å². The summed E-state index contributed by atoms with van der Waals surface area (Å²) in [6, 6.07) is 3.80. The summed E-state index contributed by atoms with van der Waals surface area (Å²) in [5.74, 6) is -1.17. The molecule has 2 aromatic heterocycles. The van der Waals surface area contributed by atoms with Crippen LogP contribution < -0.4 is 10.1 Å². The molecule has 0 fully saturated rings. The average molecular weight is 376 g/mol. The van der Waals surface area contributed by atoms with E-state index in [4.69, 9.17) is 4.74 Å². The normalized spacial score (nSPS) is 13.2. The van der Waals surface area contributed by atoms with Crippen molar-refractivity contribution in [2.24, 2.45) is 0 Å². The van der Waals surface area contributed by atoms with Crippen molar-refractivity contribution in [2.45, 2.75) is 19.9 Å². The predicted molar refractivity (Wildman–Crippen MR) is 92.5 cm³/mol. The van der Waals surface area contributed by atoms with E-state index in [9.17, 15) is 13.6 Å². The standard InChI is InChI=1S/C17H14F2N4O2S/c1-9-5-10(12(19)6-11(9)18)14-8-26-17(20-14)21-16(24)13-7-15-23(22-13)3-2-4-25-15/h5-8H,2-4H2,1H3,(H,20,21,24). The highest BCUT2D eigenvalue weighted by atomic mass is 32.1. The van der Waals surface area contributed by atoms with Gasteiger partial charge in [0.1, 0.15) is 11.6 Å². The van der Waals surface area contributed by atoms with Gasteiger partial charge in [0.05, 0.1) is 12.3 Å². The minimum Gasteiger partial charge on any atom is -0.478 e. The highest BCUT2D eigenvalue weighted by molar-refractivity contribution is 7.14. The number of carbonyl (C=O) groups is 1. The number of hydrogen-bond acceptors (Lipinski definition) is 5. The third-order valence-corrected chi connectivity index (χ3v) is 4.75. The van der Waals surface area contributed by atoms with Gasteiger partial charge in [-0.3, -0.25) is 10.1 Å². The van der Waals surface area contributed by atoms with Crippen LogP contribution >= 0.6 is 11.3 Å². The van der Waals surface area contributed by atoms with Crippen LogP contribution in [0.3, 0.4) is 0 Å². The van der Waals surface area contributed by atoms with E-state index in [1.165, 1.54) is 6.07 Å². The van der Waals surface area contributed by atoms with E-state index >= 15 is 0 Å². The van der Waals surface area contributed by atoms with Crippen LogP contribution in [0, 0.1) is 18.6 Å². The summed E-state index contributed by atoms with van der Waals surface area (Å²) in [7, 11) is 0. The number of fused-ring (bicyclic) bond motifs is 1. The smallest absolute Gasteiger partial charge is 0.278 e. The quantitative estimate of drug-likeness (QED) is 0.758. The summed E-state index contributed by atoms with van der Waals surface area (Å²) in [4.78, 5) is 16.6. The highest BCUT2D eigenvalue weighted by Crippen LogP contribution is 2.29. The number of halogens is 2. The van der Waals surface area contributed by atoms with Crippen molar-refractivity contribution in [3.63, 3.8) is 0 Å². The highest BCUT2D eigenvalue weighted by Gasteiger charge is 2.19. The molecule has 0 saturated carbocycles. The lowest BCUT2D eigenvalue weighted by molar-refractivity contribution is 0.102. The van der Waals surface area contributed by atoms with E-state index in [1.54, 1.807) is 23.1 Å². The van der Waals surface area contributed by atoms with Crippen LogP contribution in [0.4, 0.5) is 13.9 Å². The Labute approximate surface area is 151 Å². The van der Waals surface area contributed by atoms with Crippen molar-refractivity contribution in [1.82, 2.24) is 14.8 Å². The third kappa shape index (κ3) is 3.05. The summed E-state index contributed by atoms with van der Waals surface area (Å²) < 4.78 is 34.5. The lowest BCUT2D eigenvalue weighted by atomic mass is 10.1. The van der Waals surface area contributed by atoms with Crippen LogP contribution in [0.1, 0.15) is 22.5 Å². The second-order valence-corrected chi connectivity index (χ2v) is 6.72. The van der Waals surface area contributed by atoms with Crippen LogP contribution in [0.15, 0.2) is 23.6 Å². The predicted octanol–water partition coefficient (Wildman–Crippen LogP) is 3.63. The van der Waals surface area contributed by atoms with Gasteiger partial charge < -0.3 is 4.74 Å². The summed E-state index contributed by atoms with van der Waals surface area (Å²) >= 11 is 1.15. The molecule has 1 N–H and O–H groups in total. The van der Waals surface area contributed by atoms with E-state index in [0.29, 0.717) is 35.4 Å². The molecule has 6 nitrogen and oxygen atoms in total. The number of anilines is 1. The van der Waals surface area contributed by atoms with Crippen molar-refractivity contribution in [3.8, 4) is 17.1 Å². The number of amides is 1. The van der Waals surface area contributed by atoms with Gasteiger partial charge in [0.25, 0.3) is 5.91 Å². The SMILES string of the molecule is Cc1cc(-c2csc(NC(=O)c3cc4n(n3)CCCO4)n2)c(F)cc1F. The molecule has 0 atom stereocenters. The molecular formula is C17H14F2N4O2S. The average Bonchev–Trinajstić information content (AvgIpc) is 3.24. The van der Waals surface area contributed by atoms with Gasteiger partial charge in [0.15, 0.2) is 10.8 Å². The lowest BCUT2D eigenvalue weighted by Crippen LogP contribution is -2.16. The van der Waals surface area contributed by atoms with E-state index < -0.39 is 17.5 Å². The minimum atomic E-state index is -0.699. The number of ether oxygens (including phenoxy) is 1. The molecule has 0 radical (unpaired) electrons. The number of aromatic nitrogens is 3. The number of aryl methyl sites for hydroxylation is 2. The van der Waals surface area contributed by atoms with Gasteiger partial charge in [-0.05, 0) is 18.6 Å². The number of rotatable bonds is 3. The van der Waals surface area contributed by atoms with Gasteiger partial charge in [-0.2, -0.15) is 5.10 Å². The molecule has 1 aromatic carbocycles. The van der Waals surface area contributed by atoms with Crippen LogP contribution in [0.5, 0.6) is 5.88 Å². The van der Waals surface area contributed by atoms with Crippen LogP contribution in [-0.2, 0) is 6.54 Å². The zero-order valence-electron chi connectivity index (χ0n) is 13.8. The van der Waals surface area contributed by atoms with Crippen molar-refractivity contribution in [3.05, 3.63) is 46.5 Å². The minimum absolute atomic E-state index is 0.187. The molecule has 3 heterocycles. The number of nitrogens with zero attached hydrogens (tertiary/aromatic N) is 3.